The Bertz CT molecular complexity index is 3970. The first-order chi connectivity index (χ1) is 32.3. The lowest BCUT2D eigenvalue weighted by Gasteiger charge is -2.35. The number of rotatable bonds is 6. The second-order valence-electron chi connectivity index (χ2n) is 17.2. The van der Waals surface area contributed by atoms with Gasteiger partial charge in [-0.3, -0.25) is 0 Å². The maximum absolute atomic E-state index is 7.22. The maximum atomic E-state index is 7.22. The van der Waals surface area contributed by atoms with Crippen LogP contribution in [0.15, 0.2) is 239 Å². The highest BCUT2D eigenvalue weighted by Crippen LogP contribution is 2.61. The van der Waals surface area contributed by atoms with Crippen LogP contribution in [0, 0.1) is 0 Å². The minimum absolute atomic E-state index is 0.655. The van der Waals surface area contributed by atoms with E-state index in [4.69, 9.17) is 8.83 Å². The van der Waals surface area contributed by atoms with Gasteiger partial charge in [0, 0.05) is 55.6 Å². The Kier molecular flexibility index (Phi) is 7.57. The van der Waals surface area contributed by atoms with Crippen molar-refractivity contribution in [3.8, 4) is 16.8 Å². The number of benzene rings is 10. The SMILES string of the molecule is c1ccc(-n2c3ccccc3c3cc(N(c4ccc5c(c4)oc4ccccc45)c4cc5c(c6oc7ccccc7c46)-c4ccccc4C5(c4ccccc4)c4ccccc4)ccc32)cc1. The Balaban J connectivity index is 1.14. The summed E-state index contributed by atoms with van der Waals surface area (Å²) in [5, 5.41) is 6.66. The van der Waals surface area contributed by atoms with Crippen molar-refractivity contribution in [3.05, 3.63) is 253 Å². The van der Waals surface area contributed by atoms with Gasteiger partial charge in [0.15, 0.2) is 0 Å². The van der Waals surface area contributed by atoms with Crippen molar-refractivity contribution in [3.63, 3.8) is 0 Å². The van der Waals surface area contributed by atoms with E-state index < -0.39 is 5.41 Å². The number of nitrogens with zero attached hydrogens (tertiary/aromatic N) is 2. The number of para-hydroxylation sites is 4. The molecule has 10 aromatic carbocycles. The van der Waals surface area contributed by atoms with Crippen molar-refractivity contribution in [1.29, 1.82) is 0 Å². The normalized spacial score (nSPS) is 13.0. The molecule has 1 aliphatic rings. The predicted molar refractivity (Wildman–Crippen MR) is 267 cm³/mol. The zero-order valence-corrected chi connectivity index (χ0v) is 35.2. The summed E-state index contributed by atoms with van der Waals surface area (Å²) in [6, 6.07) is 83.2. The van der Waals surface area contributed by atoms with Gasteiger partial charge in [0.05, 0.1) is 27.5 Å². The van der Waals surface area contributed by atoms with E-state index in [-0.39, 0.29) is 0 Å². The molecule has 0 bridgehead atoms. The van der Waals surface area contributed by atoms with Gasteiger partial charge in [0.1, 0.15) is 22.3 Å². The molecule has 13 aromatic rings. The highest BCUT2D eigenvalue weighted by Gasteiger charge is 2.48. The fourth-order valence-electron chi connectivity index (χ4n) is 11.2. The lowest BCUT2D eigenvalue weighted by molar-refractivity contribution is 0.669. The number of aromatic nitrogens is 1. The second kappa shape index (κ2) is 13.7. The zero-order valence-electron chi connectivity index (χ0n) is 35.2. The molecule has 0 amide bonds. The smallest absolute Gasteiger partial charge is 0.145 e. The van der Waals surface area contributed by atoms with Crippen LogP contribution in [0.25, 0.3) is 82.5 Å². The largest absolute Gasteiger partial charge is 0.456 e. The summed E-state index contributed by atoms with van der Waals surface area (Å²) < 4.78 is 16.3. The Labute approximate surface area is 374 Å². The van der Waals surface area contributed by atoms with E-state index in [1.54, 1.807) is 0 Å². The van der Waals surface area contributed by atoms with Gasteiger partial charge >= 0.3 is 0 Å². The van der Waals surface area contributed by atoms with Crippen LogP contribution >= 0.6 is 0 Å². The van der Waals surface area contributed by atoms with E-state index in [9.17, 15) is 0 Å². The Morgan fingerprint density at radius 3 is 1.72 bits per heavy atom. The van der Waals surface area contributed by atoms with Crippen LogP contribution in [0.4, 0.5) is 17.1 Å². The molecule has 1 aliphatic carbocycles. The molecule has 0 fully saturated rings. The summed E-state index contributed by atoms with van der Waals surface area (Å²) in [6.07, 6.45) is 0. The molecular weight excluding hydrogens is 793 g/mol. The summed E-state index contributed by atoms with van der Waals surface area (Å²) in [5.74, 6) is 0. The number of furan rings is 2. The zero-order chi connectivity index (χ0) is 42.6. The van der Waals surface area contributed by atoms with Crippen LogP contribution < -0.4 is 4.90 Å². The van der Waals surface area contributed by atoms with Crippen LogP contribution in [0.1, 0.15) is 22.3 Å². The standard InChI is InChI=1S/C61H38N2O2/c1-4-18-39(19-5-1)61(40-20-6-2-7-21-40)50-28-14-10-26-47(50)58-51(61)38-54(59-48-27-13-17-31-56(48)65-60(58)59)62(43-32-34-46-45-25-12-16-30-55(45)64-57(46)37-43)42-33-35-53-49(36-42)44-24-11-15-29-52(44)63(53)41-22-8-3-9-23-41/h1-38H. The Morgan fingerprint density at radius 2 is 0.954 bits per heavy atom. The van der Waals surface area contributed by atoms with Gasteiger partial charge in [-0.1, -0.05) is 158 Å². The van der Waals surface area contributed by atoms with E-state index in [2.05, 4.69) is 234 Å². The molecule has 0 radical (unpaired) electrons. The quantitative estimate of drug-likeness (QED) is 0.167. The summed E-state index contributed by atoms with van der Waals surface area (Å²) >= 11 is 0. The molecule has 0 saturated heterocycles. The highest BCUT2D eigenvalue weighted by molar-refractivity contribution is 6.20. The molecular formula is C61H38N2O2. The third kappa shape index (κ3) is 5.02. The summed E-state index contributed by atoms with van der Waals surface area (Å²) in [7, 11) is 0. The highest BCUT2D eigenvalue weighted by atomic mass is 16.3. The van der Waals surface area contributed by atoms with Gasteiger partial charge in [-0.2, -0.15) is 0 Å². The van der Waals surface area contributed by atoms with Crippen molar-refractivity contribution in [1.82, 2.24) is 4.57 Å². The second-order valence-corrected chi connectivity index (χ2v) is 17.2. The summed E-state index contributed by atoms with van der Waals surface area (Å²) in [4.78, 5) is 2.44. The molecule has 0 saturated carbocycles. The number of anilines is 3. The molecule has 0 unspecified atom stereocenters. The molecule has 0 aliphatic heterocycles. The molecule has 14 rings (SSSR count). The van der Waals surface area contributed by atoms with Gasteiger partial charge in [-0.25, -0.2) is 0 Å². The van der Waals surface area contributed by atoms with E-state index in [0.717, 1.165) is 83.2 Å². The maximum Gasteiger partial charge on any atom is 0.145 e. The van der Waals surface area contributed by atoms with Crippen molar-refractivity contribution >= 4 is 82.7 Å². The molecule has 304 valence electrons. The van der Waals surface area contributed by atoms with Gasteiger partial charge < -0.3 is 18.3 Å². The van der Waals surface area contributed by atoms with Gasteiger partial charge in [-0.05, 0) is 94.5 Å². The molecule has 65 heavy (non-hydrogen) atoms. The van der Waals surface area contributed by atoms with Gasteiger partial charge in [0.2, 0.25) is 0 Å². The summed E-state index contributed by atoms with van der Waals surface area (Å²) in [5.41, 5.74) is 16.3. The van der Waals surface area contributed by atoms with Crippen LogP contribution in [0.2, 0.25) is 0 Å². The van der Waals surface area contributed by atoms with E-state index in [1.165, 1.54) is 38.6 Å². The molecule has 3 aromatic heterocycles. The minimum atomic E-state index is -0.655. The topological polar surface area (TPSA) is 34.5 Å². The lowest BCUT2D eigenvalue weighted by atomic mass is 9.67. The molecule has 0 atom stereocenters. The molecule has 0 N–H and O–H groups in total. The fraction of sp³-hybridized carbons (Fsp3) is 0.0164. The summed E-state index contributed by atoms with van der Waals surface area (Å²) in [6.45, 7) is 0. The number of hydrogen-bond donors (Lipinski definition) is 0. The van der Waals surface area contributed by atoms with Crippen LogP contribution in [0.3, 0.4) is 0 Å². The average Bonchev–Trinajstić information content (AvgIpc) is 4.12. The first-order valence-electron chi connectivity index (χ1n) is 22.3. The first-order valence-corrected chi connectivity index (χ1v) is 22.3. The lowest BCUT2D eigenvalue weighted by Crippen LogP contribution is -2.28. The fourth-order valence-corrected chi connectivity index (χ4v) is 11.2. The first kappa shape index (κ1) is 35.9. The molecule has 4 nitrogen and oxygen atoms in total. The monoisotopic (exact) mass is 830 g/mol. The third-order valence-electron chi connectivity index (χ3n) is 13.8. The Hall–Kier alpha value is -8.60. The van der Waals surface area contributed by atoms with E-state index in [1.807, 2.05) is 6.07 Å². The van der Waals surface area contributed by atoms with Crippen LogP contribution in [0.5, 0.6) is 0 Å². The van der Waals surface area contributed by atoms with E-state index in [0.29, 0.717) is 0 Å². The van der Waals surface area contributed by atoms with Crippen molar-refractivity contribution in [2.75, 3.05) is 4.90 Å². The van der Waals surface area contributed by atoms with Crippen LogP contribution in [-0.2, 0) is 5.41 Å². The van der Waals surface area contributed by atoms with Crippen LogP contribution in [-0.4, -0.2) is 4.57 Å². The van der Waals surface area contributed by atoms with E-state index >= 15 is 0 Å². The van der Waals surface area contributed by atoms with Crippen molar-refractivity contribution in [2.45, 2.75) is 5.41 Å². The third-order valence-corrected chi connectivity index (χ3v) is 13.8. The Morgan fingerprint density at radius 1 is 0.385 bits per heavy atom. The molecule has 0 spiro atoms. The minimum Gasteiger partial charge on any atom is -0.456 e. The number of hydrogen-bond acceptors (Lipinski definition) is 3. The molecule has 4 heteroatoms. The molecule has 3 heterocycles. The number of fused-ring (bicyclic) bond motifs is 13. The van der Waals surface area contributed by atoms with Gasteiger partial charge in [0.25, 0.3) is 0 Å². The van der Waals surface area contributed by atoms with Crippen molar-refractivity contribution in [2.24, 2.45) is 0 Å². The predicted octanol–water partition coefficient (Wildman–Crippen LogP) is 16.4. The average molecular weight is 831 g/mol. The van der Waals surface area contributed by atoms with Crippen molar-refractivity contribution < 1.29 is 8.83 Å². The van der Waals surface area contributed by atoms with Gasteiger partial charge in [-0.15, -0.1) is 0 Å².